The van der Waals surface area contributed by atoms with Crippen LogP contribution >= 0.6 is 0 Å². The molecule has 104 valence electrons. The van der Waals surface area contributed by atoms with Crippen molar-refractivity contribution in [3.05, 3.63) is 30.1 Å². The summed E-state index contributed by atoms with van der Waals surface area (Å²) >= 11 is 0. The Morgan fingerprint density at radius 1 is 1.26 bits per heavy atom. The van der Waals surface area contributed by atoms with Gasteiger partial charge in [-0.05, 0) is 18.6 Å². The first-order valence-electron chi connectivity index (χ1n) is 5.88. The molecule has 6 heteroatoms. The number of anilines is 1. The van der Waals surface area contributed by atoms with Crippen molar-refractivity contribution >= 4 is 17.7 Å². The second kappa shape index (κ2) is 6.72. The van der Waals surface area contributed by atoms with E-state index in [9.17, 15) is 14.0 Å². The molecule has 0 fully saturated rings. The van der Waals surface area contributed by atoms with Crippen LogP contribution in [0, 0.1) is 5.82 Å². The predicted molar refractivity (Wildman–Crippen MR) is 69.7 cm³/mol. The molecule has 0 aliphatic rings. The third kappa shape index (κ3) is 4.24. The number of aliphatic carboxylic acids is 1. The van der Waals surface area contributed by atoms with Crippen molar-refractivity contribution in [2.24, 2.45) is 0 Å². The van der Waals surface area contributed by atoms with Crippen LogP contribution in [0.4, 0.5) is 14.9 Å². The molecule has 0 heterocycles. The maximum Gasteiger partial charge on any atom is 0.324 e. The van der Waals surface area contributed by atoms with Crippen molar-refractivity contribution < 1.29 is 19.1 Å². The van der Waals surface area contributed by atoms with Gasteiger partial charge in [-0.15, -0.1) is 0 Å². The van der Waals surface area contributed by atoms with E-state index < -0.39 is 11.8 Å². The summed E-state index contributed by atoms with van der Waals surface area (Å²) in [6, 6.07) is 5.61. The number of nitrogens with zero attached hydrogens (tertiary/aromatic N) is 2. The molecule has 0 unspecified atom stereocenters. The van der Waals surface area contributed by atoms with E-state index in [0.29, 0.717) is 13.0 Å². The van der Waals surface area contributed by atoms with Crippen molar-refractivity contribution in [1.29, 1.82) is 0 Å². The first-order valence-corrected chi connectivity index (χ1v) is 5.88. The summed E-state index contributed by atoms with van der Waals surface area (Å²) in [7, 11) is 3.04. The average Bonchev–Trinajstić information content (AvgIpc) is 2.37. The quantitative estimate of drug-likeness (QED) is 0.890. The molecule has 0 aliphatic carbocycles. The van der Waals surface area contributed by atoms with Gasteiger partial charge in [-0.1, -0.05) is 12.1 Å². The van der Waals surface area contributed by atoms with Gasteiger partial charge in [-0.2, -0.15) is 0 Å². The van der Waals surface area contributed by atoms with Crippen LogP contribution in [-0.4, -0.2) is 42.6 Å². The minimum Gasteiger partial charge on any atom is -0.481 e. The lowest BCUT2D eigenvalue weighted by Crippen LogP contribution is -2.39. The molecule has 1 rings (SSSR count). The summed E-state index contributed by atoms with van der Waals surface area (Å²) < 4.78 is 13.5. The molecular formula is C13H17FN2O3. The van der Waals surface area contributed by atoms with Crippen molar-refractivity contribution in [1.82, 2.24) is 4.90 Å². The molecule has 2 amide bonds. The molecule has 1 aromatic rings. The minimum absolute atomic E-state index is 0.00102. The molecule has 0 spiro atoms. The van der Waals surface area contributed by atoms with Crippen molar-refractivity contribution in [2.45, 2.75) is 12.8 Å². The van der Waals surface area contributed by atoms with Gasteiger partial charge in [-0.25, -0.2) is 9.18 Å². The Balaban J connectivity index is 2.61. The maximum absolute atomic E-state index is 13.5. The van der Waals surface area contributed by atoms with Gasteiger partial charge < -0.3 is 10.0 Å². The van der Waals surface area contributed by atoms with E-state index in [1.807, 2.05) is 0 Å². The molecule has 19 heavy (non-hydrogen) atoms. The highest BCUT2D eigenvalue weighted by Crippen LogP contribution is 2.18. The molecule has 0 saturated heterocycles. The van der Waals surface area contributed by atoms with Gasteiger partial charge >= 0.3 is 12.0 Å². The molecule has 5 nitrogen and oxygen atoms in total. The summed E-state index contributed by atoms with van der Waals surface area (Å²) in [4.78, 5) is 25.0. The maximum atomic E-state index is 13.5. The molecule has 0 aromatic heterocycles. The number of urea groups is 1. The molecule has 0 saturated carbocycles. The van der Waals surface area contributed by atoms with Crippen molar-refractivity contribution in [3.8, 4) is 0 Å². The summed E-state index contributed by atoms with van der Waals surface area (Å²) in [6.45, 7) is 0.309. The largest absolute Gasteiger partial charge is 0.481 e. The molecule has 0 radical (unpaired) electrons. The van der Waals surface area contributed by atoms with Crippen LogP contribution in [0.5, 0.6) is 0 Å². The van der Waals surface area contributed by atoms with Crippen molar-refractivity contribution in [2.75, 3.05) is 25.5 Å². The number of carboxylic acids is 1. The molecule has 0 atom stereocenters. The Bertz CT molecular complexity index is 465. The lowest BCUT2D eigenvalue weighted by Gasteiger charge is -2.25. The van der Waals surface area contributed by atoms with Gasteiger partial charge in [0.15, 0.2) is 0 Å². The Kier molecular flexibility index (Phi) is 5.29. The monoisotopic (exact) mass is 268 g/mol. The topological polar surface area (TPSA) is 60.9 Å². The van der Waals surface area contributed by atoms with E-state index >= 15 is 0 Å². The second-order valence-corrected chi connectivity index (χ2v) is 4.21. The fourth-order valence-electron chi connectivity index (χ4n) is 1.65. The van der Waals surface area contributed by atoms with E-state index in [-0.39, 0.29) is 18.1 Å². The number of carbonyl (C=O) groups excluding carboxylic acids is 1. The Morgan fingerprint density at radius 2 is 1.89 bits per heavy atom. The SMILES string of the molecule is CN(CCCC(=O)O)C(=O)N(C)c1ccccc1F. The van der Waals surface area contributed by atoms with E-state index in [2.05, 4.69) is 0 Å². The number of hydrogen-bond donors (Lipinski definition) is 1. The van der Waals surface area contributed by atoms with E-state index in [4.69, 9.17) is 5.11 Å². The van der Waals surface area contributed by atoms with Gasteiger partial charge in [0.05, 0.1) is 5.69 Å². The molecule has 0 bridgehead atoms. The fourth-order valence-corrected chi connectivity index (χ4v) is 1.65. The minimum atomic E-state index is -0.900. The normalized spacial score (nSPS) is 10.1. The zero-order valence-corrected chi connectivity index (χ0v) is 11.0. The number of benzene rings is 1. The average molecular weight is 268 g/mol. The van der Waals surface area contributed by atoms with Gasteiger partial charge in [0.25, 0.3) is 0 Å². The fraction of sp³-hybridized carbons (Fsp3) is 0.385. The Labute approximate surface area is 111 Å². The van der Waals surface area contributed by atoms with Gasteiger partial charge in [0.2, 0.25) is 0 Å². The zero-order chi connectivity index (χ0) is 14.4. The van der Waals surface area contributed by atoms with Crippen molar-refractivity contribution in [3.63, 3.8) is 0 Å². The summed E-state index contributed by atoms with van der Waals surface area (Å²) in [5, 5.41) is 8.53. The Hall–Kier alpha value is -2.11. The summed E-state index contributed by atoms with van der Waals surface area (Å²) in [5.41, 5.74) is 0.192. The van der Waals surface area contributed by atoms with Crippen LogP contribution in [0.2, 0.25) is 0 Å². The van der Waals surface area contributed by atoms with Crippen LogP contribution in [0.25, 0.3) is 0 Å². The van der Waals surface area contributed by atoms with Gasteiger partial charge in [0, 0.05) is 27.1 Å². The molecule has 1 N–H and O–H groups in total. The zero-order valence-electron chi connectivity index (χ0n) is 11.0. The number of carboxylic acid groups (broad SMARTS) is 1. The molecule has 0 aliphatic heterocycles. The first-order chi connectivity index (χ1) is 8.93. The van der Waals surface area contributed by atoms with Crippen LogP contribution in [-0.2, 0) is 4.79 Å². The lowest BCUT2D eigenvalue weighted by atomic mass is 10.3. The van der Waals surface area contributed by atoms with Crippen LogP contribution in [0.3, 0.4) is 0 Å². The number of carbonyl (C=O) groups is 2. The Morgan fingerprint density at radius 3 is 2.47 bits per heavy atom. The smallest absolute Gasteiger partial charge is 0.324 e. The van der Waals surface area contributed by atoms with E-state index in [1.54, 1.807) is 19.2 Å². The molecule has 1 aromatic carbocycles. The molecular weight excluding hydrogens is 251 g/mol. The highest BCUT2D eigenvalue weighted by atomic mass is 19.1. The van der Waals surface area contributed by atoms with Gasteiger partial charge in [0.1, 0.15) is 5.82 Å². The number of para-hydroxylation sites is 1. The van der Waals surface area contributed by atoms with Crippen LogP contribution < -0.4 is 4.90 Å². The number of hydrogen-bond acceptors (Lipinski definition) is 2. The van der Waals surface area contributed by atoms with Crippen LogP contribution in [0.15, 0.2) is 24.3 Å². The van der Waals surface area contributed by atoms with E-state index in [1.165, 1.54) is 29.0 Å². The van der Waals surface area contributed by atoms with E-state index in [0.717, 1.165) is 0 Å². The number of halogens is 1. The number of rotatable bonds is 5. The third-order valence-electron chi connectivity index (χ3n) is 2.71. The highest BCUT2D eigenvalue weighted by molar-refractivity contribution is 5.91. The van der Waals surface area contributed by atoms with Gasteiger partial charge in [-0.3, -0.25) is 9.69 Å². The standard InChI is InChI=1S/C13H17FN2O3/c1-15(9-5-8-12(17)18)13(19)16(2)11-7-4-3-6-10(11)14/h3-4,6-7H,5,8-9H2,1-2H3,(H,17,18). The van der Waals surface area contributed by atoms with Crippen LogP contribution in [0.1, 0.15) is 12.8 Å². The highest BCUT2D eigenvalue weighted by Gasteiger charge is 2.18. The predicted octanol–water partition coefficient (Wildman–Crippen LogP) is 2.18. The number of amides is 2. The summed E-state index contributed by atoms with van der Waals surface area (Å²) in [5.74, 6) is -1.37. The second-order valence-electron chi connectivity index (χ2n) is 4.21. The summed E-state index contributed by atoms with van der Waals surface area (Å²) in [6.07, 6.45) is 0.365. The third-order valence-corrected chi connectivity index (χ3v) is 2.71. The first kappa shape index (κ1) is 14.9. The lowest BCUT2D eigenvalue weighted by molar-refractivity contribution is -0.137.